The Bertz CT molecular complexity index is 315. The first-order valence-electron chi connectivity index (χ1n) is 6.78. The summed E-state index contributed by atoms with van der Waals surface area (Å²) in [6, 6.07) is 0.0897. The molecular formula is C12H24ClNO3S. The van der Waals surface area contributed by atoms with E-state index in [1.807, 2.05) is 0 Å². The van der Waals surface area contributed by atoms with E-state index in [4.69, 9.17) is 16.7 Å². The van der Waals surface area contributed by atoms with Gasteiger partial charge in [0.15, 0.2) is 0 Å². The van der Waals surface area contributed by atoms with Crippen LogP contribution in [0.2, 0.25) is 0 Å². The third-order valence-electron chi connectivity index (χ3n) is 3.45. The summed E-state index contributed by atoms with van der Waals surface area (Å²) in [6.07, 6.45) is 6.53. The molecule has 108 valence electrons. The second-order valence-electron chi connectivity index (χ2n) is 4.84. The number of halogens is 1. The molecule has 0 heterocycles. The van der Waals surface area contributed by atoms with Crippen LogP contribution in [0.3, 0.4) is 0 Å². The van der Waals surface area contributed by atoms with Crippen LogP contribution in [0.5, 0.6) is 0 Å². The van der Waals surface area contributed by atoms with Crippen LogP contribution in [-0.4, -0.2) is 48.7 Å². The average Bonchev–Trinajstić information content (AvgIpc) is 2.37. The smallest absolute Gasteiger partial charge is 0.214 e. The molecule has 0 saturated heterocycles. The highest BCUT2D eigenvalue weighted by Crippen LogP contribution is 2.25. The van der Waals surface area contributed by atoms with Crippen LogP contribution < -0.4 is 0 Å². The standard InChI is InChI=1S/C12H24ClNO3S/c13-8-4-5-11-18(16,17)14(9-10-15)12-6-2-1-3-7-12/h12,15H,1-11H2. The quantitative estimate of drug-likeness (QED) is 0.550. The molecule has 0 aromatic heterocycles. The van der Waals surface area contributed by atoms with Gasteiger partial charge in [0.25, 0.3) is 0 Å². The van der Waals surface area contributed by atoms with Crippen molar-refractivity contribution in [3.05, 3.63) is 0 Å². The largest absolute Gasteiger partial charge is 0.395 e. The topological polar surface area (TPSA) is 57.6 Å². The summed E-state index contributed by atoms with van der Waals surface area (Å²) in [5.74, 6) is 0.648. The van der Waals surface area contributed by atoms with Crippen LogP contribution in [0.15, 0.2) is 0 Å². The van der Waals surface area contributed by atoms with Crippen LogP contribution >= 0.6 is 11.6 Å². The zero-order valence-corrected chi connectivity index (χ0v) is 12.4. The minimum Gasteiger partial charge on any atom is -0.395 e. The first-order chi connectivity index (χ1) is 8.61. The maximum absolute atomic E-state index is 12.3. The second kappa shape index (κ2) is 8.35. The molecule has 0 radical (unpaired) electrons. The van der Waals surface area contributed by atoms with E-state index in [2.05, 4.69) is 0 Å². The van der Waals surface area contributed by atoms with E-state index in [0.717, 1.165) is 32.1 Å². The summed E-state index contributed by atoms with van der Waals surface area (Å²) in [7, 11) is -3.24. The van der Waals surface area contributed by atoms with Crippen molar-refractivity contribution in [3.8, 4) is 0 Å². The third kappa shape index (κ3) is 5.03. The molecule has 1 N–H and O–H groups in total. The SMILES string of the molecule is O=S(=O)(CCCCCl)N(CCO)C1CCCCC1. The summed E-state index contributed by atoms with van der Waals surface area (Å²) < 4.78 is 26.1. The Morgan fingerprint density at radius 2 is 1.83 bits per heavy atom. The molecule has 0 bridgehead atoms. The van der Waals surface area contributed by atoms with Crippen molar-refractivity contribution < 1.29 is 13.5 Å². The fraction of sp³-hybridized carbons (Fsp3) is 1.00. The lowest BCUT2D eigenvalue weighted by molar-refractivity contribution is 0.199. The Morgan fingerprint density at radius 3 is 2.39 bits per heavy atom. The van der Waals surface area contributed by atoms with Gasteiger partial charge in [0.2, 0.25) is 10.0 Å². The minimum atomic E-state index is -3.24. The van der Waals surface area contributed by atoms with E-state index in [1.54, 1.807) is 0 Å². The lowest BCUT2D eigenvalue weighted by Crippen LogP contribution is -2.44. The van der Waals surface area contributed by atoms with E-state index >= 15 is 0 Å². The highest BCUT2D eigenvalue weighted by Gasteiger charge is 2.29. The molecule has 0 aliphatic heterocycles. The molecule has 1 aliphatic rings. The van der Waals surface area contributed by atoms with Gasteiger partial charge in [-0.05, 0) is 25.7 Å². The van der Waals surface area contributed by atoms with Crippen LogP contribution in [0.4, 0.5) is 0 Å². The summed E-state index contributed by atoms with van der Waals surface area (Å²) in [5.41, 5.74) is 0. The zero-order valence-electron chi connectivity index (χ0n) is 10.9. The van der Waals surface area contributed by atoms with E-state index in [1.165, 1.54) is 10.7 Å². The van der Waals surface area contributed by atoms with Crippen LogP contribution in [-0.2, 0) is 10.0 Å². The molecule has 0 spiro atoms. The summed E-state index contributed by atoms with van der Waals surface area (Å²) >= 11 is 5.57. The predicted molar refractivity (Wildman–Crippen MR) is 74.4 cm³/mol. The van der Waals surface area contributed by atoms with Crippen molar-refractivity contribution in [2.75, 3.05) is 24.8 Å². The molecule has 1 aliphatic carbocycles. The third-order valence-corrected chi connectivity index (χ3v) is 5.71. The molecule has 1 saturated carbocycles. The van der Waals surface area contributed by atoms with Gasteiger partial charge in [0, 0.05) is 18.5 Å². The van der Waals surface area contributed by atoms with Gasteiger partial charge in [-0.15, -0.1) is 11.6 Å². The van der Waals surface area contributed by atoms with Gasteiger partial charge in [0.1, 0.15) is 0 Å². The molecular weight excluding hydrogens is 274 g/mol. The van der Waals surface area contributed by atoms with Crippen LogP contribution in [0.25, 0.3) is 0 Å². The summed E-state index contributed by atoms with van der Waals surface area (Å²) in [5, 5.41) is 9.08. The van der Waals surface area contributed by atoms with Crippen molar-refractivity contribution >= 4 is 21.6 Å². The molecule has 0 atom stereocenters. The Hall–Kier alpha value is 0.160. The van der Waals surface area contributed by atoms with E-state index in [-0.39, 0.29) is 24.9 Å². The Morgan fingerprint density at radius 1 is 1.17 bits per heavy atom. The molecule has 1 fully saturated rings. The number of hydrogen-bond acceptors (Lipinski definition) is 3. The number of sulfonamides is 1. The Balaban J connectivity index is 2.63. The van der Waals surface area contributed by atoms with E-state index in [0.29, 0.717) is 12.3 Å². The summed E-state index contributed by atoms with van der Waals surface area (Å²) in [6.45, 7) is 0.124. The lowest BCUT2D eigenvalue weighted by atomic mass is 9.95. The van der Waals surface area contributed by atoms with Crippen LogP contribution in [0, 0.1) is 0 Å². The normalized spacial score (nSPS) is 18.4. The molecule has 1 rings (SSSR count). The Labute approximate surface area is 115 Å². The number of alkyl halides is 1. The fourth-order valence-electron chi connectivity index (χ4n) is 2.51. The molecule has 18 heavy (non-hydrogen) atoms. The number of hydrogen-bond donors (Lipinski definition) is 1. The average molecular weight is 298 g/mol. The van der Waals surface area contributed by atoms with Crippen molar-refractivity contribution in [1.82, 2.24) is 4.31 Å². The van der Waals surface area contributed by atoms with Crippen LogP contribution in [0.1, 0.15) is 44.9 Å². The Kier molecular flexibility index (Phi) is 7.53. The lowest BCUT2D eigenvalue weighted by Gasteiger charge is -2.33. The van der Waals surface area contributed by atoms with Gasteiger partial charge in [-0.1, -0.05) is 19.3 Å². The molecule has 0 aromatic carbocycles. The first kappa shape index (κ1) is 16.2. The summed E-state index contributed by atoms with van der Waals surface area (Å²) in [4.78, 5) is 0. The number of aliphatic hydroxyl groups is 1. The highest BCUT2D eigenvalue weighted by atomic mass is 35.5. The number of aliphatic hydroxyl groups excluding tert-OH is 1. The molecule has 4 nitrogen and oxygen atoms in total. The zero-order chi connectivity index (χ0) is 13.4. The van der Waals surface area contributed by atoms with E-state index < -0.39 is 10.0 Å². The number of rotatable bonds is 8. The highest BCUT2D eigenvalue weighted by molar-refractivity contribution is 7.89. The first-order valence-corrected chi connectivity index (χ1v) is 8.92. The minimum absolute atomic E-state index is 0.0897. The van der Waals surface area contributed by atoms with Crippen molar-refractivity contribution in [1.29, 1.82) is 0 Å². The van der Waals surface area contributed by atoms with Gasteiger partial charge >= 0.3 is 0 Å². The van der Waals surface area contributed by atoms with Crippen molar-refractivity contribution in [2.45, 2.75) is 51.0 Å². The van der Waals surface area contributed by atoms with E-state index in [9.17, 15) is 8.42 Å². The molecule has 0 amide bonds. The van der Waals surface area contributed by atoms with Gasteiger partial charge in [-0.25, -0.2) is 8.42 Å². The predicted octanol–water partition coefficient (Wildman–Crippen LogP) is 1.96. The van der Waals surface area contributed by atoms with Crippen molar-refractivity contribution in [3.63, 3.8) is 0 Å². The maximum atomic E-state index is 12.3. The monoisotopic (exact) mass is 297 g/mol. The number of unbranched alkanes of at least 4 members (excludes halogenated alkanes) is 1. The molecule has 0 aromatic rings. The van der Waals surface area contributed by atoms with Crippen molar-refractivity contribution in [2.24, 2.45) is 0 Å². The van der Waals surface area contributed by atoms with Gasteiger partial charge in [0.05, 0.1) is 12.4 Å². The number of nitrogens with zero attached hydrogens (tertiary/aromatic N) is 1. The van der Waals surface area contributed by atoms with Gasteiger partial charge < -0.3 is 5.11 Å². The molecule has 0 unspecified atom stereocenters. The molecule has 6 heteroatoms. The fourth-order valence-corrected chi connectivity index (χ4v) is 4.53. The van der Waals surface area contributed by atoms with Gasteiger partial charge in [-0.3, -0.25) is 0 Å². The second-order valence-corrected chi connectivity index (χ2v) is 7.26. The maximum Gasteiger partial charge on any atom is 0.214 e. The van der Waals surface area contributed by atoms with Gasteiger partial charge in [-0.2, -0.15) is 4.31 Å².